The zero-order valence-electron chi connectivity index (χ0n) is 10.2. The molecule has 2 N–H and O–H groups in total. The molecule has 1 aromatic rings. The van der Waals surface area contributed by atoms with Gasteiger partial charge in [0.25, 0.3) is 0 Å². The summed E-state index contributed by atoms with van der Waals surface area (Å²) >= 11 is 0. The van der Waals surface area contributed by atoms with Gasteiger partial charge in [0.15, 0.2) is 6.10 Å². The van der Waals surface area contributed by atoms with Gasteiger partial charge in [-0.15, -0.1) is 0 Å². The number of aryl methyl sites for hydroxylation is 1. The molecule has 0 radical (unpaired) electrons. The standard InChI is InChI=1S/C12H15NO5/c1-8-3-4-9(18-8)5-6-11(15)13-7-10(14)12(16)17-2/h3-6,10,14H,7H2,1-2H3,(H,13,15)/b6-5+. The van der Waals surface area contributed by atoms with Crippen LogP contribution in [-0.4, -0.2) is 36.7 Å². The van der Waals surface area contributed by atoms with Crippen LogP contribution in [0.1, 0.15) is 11.5 Å². The molecule has 1 heterocycles. The number of carbonyl (C=O) groups is 2. The maximum absolute atomic E-state index is 11.3. The second-order valence-corrected chi connectivity index (χ2v) is 3.57. The van der Waals surface area contributed by atoms with E-state index in [1.165, 1.54) is 12.2 Å². The SMILES string of the molecule is COC(=O)C(O)CNC(=O)/C=C/c1ccc(C)o1. The first-order valence-electron chi connectivity index (χ1n) is 5.31. The summed E-state index contributed by atoms with van der Waals surface area (Å²) in [6.07, 6.45) is 1.38. The molecule has 1 unspecified atom stereocenters. The zero-order chi connectivity index (χ0) is 13.5. The number of carbonyl (C=O) groups excluding carboxylic acids is 2. The second kappa shape index (κ2) is 6.61. The first kappa shape index (κ1) is 14.0. The highest BCUT2D eigenvalue weighted by Crippen LogP contribution is 2.07. The second-order valence-electron chi connectivity index (χ2n) is 3.57. The fourth-order valence-corrected chi connectivity index (χ4v) is 1.18. The van der Waals surface area contributed by atoms with Crippen LogP contribution in [0.15, 0.2) is 22.6 Å². The van der Waals surface area contributed by atoms with Gasteiger partial charge in [0.2, 0.25) is 5.91 Å². The van der Waals surface area contributed by atoms with Crippen molar-refractivity contribution in [2.45, 2.75) is 13.0 Å². The van der Waals surface area contributed by atoms with Crippen molar-refractivity contribution in [3.8, 4) is 0 Å². The lowest BCUT2D eigenvalue weighted by Gasteiger charge is -2.07. The molecule has 0 spiro atoms. The molecule has 0 saturated carbocycles. The van der Waals surface area contributed by atoms with E-state index in [4.69, 9.17) is 4.42 Å². The Kier molecular flexibility index (Phi) is 5.13. The highest BCUT2D eigenvalue weighted by Gasteiger charge is 2.15. The fraction of sp³-hybridized carbons (Fsp3) is 0.333. The molecule has 0 aliphatic rings. The Morgan fingerprint density at radius 1 is 1.56 bits per heavy atom. The van der Waals surface area contributed by atoms with Gasteiger partial charge in [0.1, 0.15) is 11.5 Å². The summed E-state index contributed by atoms with van der Waals surface area (Å²) in [4.78, 5) is 22.2. The molecule has 98 valence electrons. The molecule has 0 bridgehead atoms. The van der Waals surface area contributed by atoms with Gasteiger partial charge in [0, 0.05) is 6.08 Å². The molecule has 1 rings (SSSR count). The van der Waals surface area contributed by atoms with Crippen LogP contribution in [-0.2, 0) is 14.3 Å². The van der Waals surface area contributed by atoms with Crippen molar-refractivity contribution in [1.29, 1.82) is 0 Å². The van der Waals surface area contributed by atoms with Gasteiger partial charge in [-0.2, -0.15) is 0 Å². The van der Waals surface area contributed by atoms with E-state index in [2.05, 4.69) is 10.1 Å². The van der Waals surface area contributed by atoms with Crippen molar-refractivity contribution in [3.63, 3.8) is 0 Å². The maximum atomic E-state index is 11.3. The highest BCUT2D eigenvalue weighted by molar-refractivity contribution is 5.91. The number of rotatable bonds is 5. The lowest BCUT2D eigenvalue weighted by atomic mass is 10.3. The largest absolute Gasteiger partial charge is 0.467 e. The van der Waals surface area contributed by atoms with Crippen LogP contribution in [0.3, 0.4) is 0 Å². The van der Waals surface area contributed by atoms with Crippen molar-refractivity contribution in [2.24, 2.45) is 0 Å². The number of amides is 1. The molecule has 1 amide bonds. The van der Waals surface area contributed by atoms with Crippen molar-refractivity contribution in [3.05, 3.63) is 29.7 Å². The third-order valence-electron chi connectivity index (χ3n) is 2.10. The Morgan fingerprint density at radius 3 is 2.83 bits per heavy atom. The normalized spacial score (nSPS) is 12.4. The summed E-state index contributed by atoms with van der Waals surface area (Å²) in [6.45, 7) is 1.59. The highest BCUT2D eigenvalue weighted by atomic mass is 16.5. The summed E-state index contributed by atoms with van der Waals surface area (Å²) in [5.74, 6) is 0.0697. The Balaban J connectivity index is 2.38. The molecule has 1 aromatic heterocycles. The third kappa shape index (κ3) is 4.42. The molecule has 18 heavy (non-hydrogen) atoms. The summed E-state index contributed by atoms with van der Waals surface area (Å²) in [7, 11) is 1.16. The molecule has 0 saturated heterocycles. The Hall–Kier alpha value is -2.08. The summed E-state index contributed by atoms with van der Waals surface area (Å²) in [5.41, 5.74) is 0. The summed E-state index contributed by atoms with van der Waals surface area (Å²) in [5, 5.41) is 11.6. The van der Waals surface area contributed by atoms with E-state index < -0.39 is 18.0 Å². The number of aliphatic hydroxyl groups is 1. The van der Waals surface area contributed by atoms with Crippen LogP contribution in [0, 0.1) is 6.92 Å². The molecule has 6 nitrogen and oxygen atoms in total. The quantitative estimate of drug-likeness (QED) is 0.580. The number of hydrogen-bond donors (Lipinski definition) is 2. The number of nitrogens with one attached hydrogen (secondary N) is 1. The van der Waals surface area contributed by atoms with Gasteiger partial charge in [0.05, 0.1) is 13.7 Å². The first-order chi connectivity index (χ1) is 8.52. The molecule has 0 aliphatic heterocycles. The number of esters is 1. The number of furan rings is 1. The average molecular weight is 253 g/mol. The van der Waals surface area contributed by atoms with E-state index in [0.29, 0.717) is 5.76 Å². The fourth-order valence-electron chi connectivity index (χ4n) is 1.18. The summed E-state index contributed by atoms with van der Waals surface area (Å²) < 4.78 is 9.53. The lowest BCUT2D eigenvalue weighted by molar-refractivity contribution is -0.150. The molecule has 0 aliphatic carbocycles. The van der Waals surface area contributed by atoms with Crippen LogP contribution >= 0.6 is 0 Å². The van der Waals surface area contributed by atoms with Crippen LogP contribution in [0.4, 0.5) is 0 Å². The monoisotopic (exact) mass is 253 g/mol. The minimum Gasteiger partial charge on any atom is -0.467 e. The molecular weight excluding hydrogens is 238 g/mol. The van der Waals surface area contributed by atoms with E-state index in [9.17, 15) is 14.7 Å². The van der Waals surface area contributed by atoms with E-state index in [-0.39, 0.29) is 6.54 Å². The molecule has 6 heteroatoms. The van der Waals surface area contributed by atoms with Crippen LogP contribution in [0.2, 0.25) is 0 Å². The Bertz CT molecular complexity index is 449. The molecular formula is C12H15NO5. The summed E-state index contributed by atoms with van der Waals surface area (Å²) in [6, 6.07) is 3.50. The third-order valence-corrected chi connectivity index (χ3v) is 2.10. The van der Waals surface area contributed by atoms with Crippen LogP contribution < -0.4 is 5.32 Å². The van der Waals surface area contributed by atoms with Crippen molar-refractivity contribution in [1.82, 2.24) is 5.32 Å². The molecule has 0 fully saturated rings. The number of methoxy groups -OCH3 is 1. The predicted molar refractivity (Wildman–Crippen MR) is 63.5 cm³/mol. The lowest BCUT2D eigenvalue weighted by Crippen LogP contribution is -2.36. The molecule has 0 aromatic carbocycles. The molecule has 1 atom stereocenters. The van der Waals surface area contributed by atoms with Gasteiger partial charge in [-0.3, -0.25) is 4.79 Å². The van der Waals surface area contributed by atoms with Gasteiger partial charge in [-0.05, 0) is 25.1 Å². The van der Waals surface area contributed by atoms with E-state index in [1.807, 2.05) is 0 Å². The number of hydrogen-bond acceptors (Lipinski definition) is 5. The minimum atomic E-state index is -1.36. The van der Waals surface area contributed by atoms with Gasteiger partial charge in [-0.1, -0.05) is 0 Å². The van der Waals surface area contributed by atoms with Crippen molar-refractivity contribution >= 4 is 18.0 Å². The van der Waals surface area contributed by atoms with E-state index in [0.717, 1.165) is 12.9 Å². The van der Waals surface area contributed by atoms with E-state index in [1.54, 1.807) is 19.1 Å². The Morgan fingerprint density at radius 2 is 2.28 bits per heavy atom. The van der Waals surface area contributed by atoms with Crippen LogP contribution in [0.25, 0.3) is 6.08 Å². The van der Waals surface area contributed by atoms with Crippen molar-refractivity contribution in [2.75, 3.05) is 13.7 Å². The topological polar surface area (TPSA) is 88.8 Å². The Labute approximate surface area is 104 Å². The minimum absolute atomic E-state index is 0.201. The smallest absolute Gasteiger partial charge is 0.336 e. The number of aliphatic hydroxyl groups excluding tert-OH is 1. The van der Waals surface area contributed by atoms with Gasteiger partial charge >= 0.3 is 5.97 Å². The predicted octanol–water partition coefficient (Wildman–Crippen LogP) is 0.251. The maximum Gasteiger partial charge on any atom is 0.336 e. The van der Waals surface area contributed by atoms with Crippen molar-refractivity contribution < 1.29 is 23.8 Å². The average Bonchev–Trinajstić information content (AvgIpc) is 2.78. The van der Waals surface area contributed by atoms with Crippen LogP contribution in [0.5, 0.6) is 0 Å². The number of ether oxygens (including phenoxy) is 1. The first-order valence-corrected chi connectivity index (χ1v) is 5.31. The van der Waals surface area contributed by atoms with E-state index >= 15 is 0 Å². The van der Waals surface area contributed by atoms with Gasteiger partial charge < -0.3 is 19.6 Å². The zero-order valence-corrected chi connectivity index (χ0v) is 10.2. The van der Waals surface area contributed by atoms with Gasteiger partial charge in [-0.25, -0.2) is 4.79 Å².